The lowest BCUT2D eigenvalue weighted by Gasteiger charge is -2.22. The van der Waals surface area contributed by atoms with Crippen molar-refractivity contribution in [3.05, 3.63) is 32.6 Å². The van der Waals surface area contributed by atoms with E-state index in [4.69, 9.17) is 4.52 Å². The summed E-state index contributed by atoms with van der Waals surface area (Å²) in [6, 6.07) is -0.0957. The number of hydrogen-bond donors (Lipinski definition) is 1. The molecule has 26 heavy (non-hydrogen) atoms. The number of aromatic nitrogens is 6. The molecule has 4 heterocycles. The van der Waals surface area contributed by atoms with Crippen molar-refractivity contribution in [2.24, 2.45) is 14.1 Å². The highest BCUT2D eigenvalue weighted by atomic mass is 16.5. The van der Waals surface area contributed by atoms with E-state index in [1.807, 2.05) is 13.8 Å². The minimum absolute atomic E-state index is 0.0957. The van der Waals surface area contributed by atoms with Crippen molar-refractivity contribution < 1.29 is 4.52 Å². The fourth-order valence-corrected chi connectivity index (χ4v) is 3.43. The van der Waals surface area contributed by atoms with Gasteiger partial charge < -0.3 is 14.0 Å². The van der Waals surface area contributed by atoms with Gasteiger partial charge in [-0.05, 0) is 12.8 Å². The van der Waals surface area contributed by atoms with Crippen LogP contribution >= 0.6 is 0 Å². The zero-order valence-corrected chi connectivity index (χ0v) is 15.2. The molecule has 0 bridgehead atoms. The number of aryl methyl sites for hydroxylation is 2. The van der Waals surface area contributed by atoms with Gasteiger partial charge in [-0.25, -0.2) is 4.79 Å². The van der Waals surface area contributed by atoms with E-state index >= 15 is 0 Å². The number of nitrogens with zero attached hydrogens (tertiary/aromatic N) is 6. The second-order valence-electron chi connectivity index (χ2n) is 6.96. The molecular weight excluding hydrogens is 338 g/mol. The predicted octanol–water partition coefficient (Wildman–Crippen LogP) is 0.808. The molecule has 1 aliphatic rings. The maximum Gasteiger partial charge on any atom is 0.329 e. The van der Waals surface area contributed by atoms with Gasteiger partial charge in [0.05, 0.1) is 0 Å². The highest BCUT2D eigenvalue weighted by Gasteiger charge is 2.34. The summed E-state index contributed by atoms with van der Waals surface area (Å²) < 4.78 is 8.54. The normalized spacial score (nSPS) is 17.7. The zero-order chi connectivity index (χ0) is 18.6. The summed E-state index contributed by atoms with van der Waals surface area (Å²) in [5, 5.41) is 4.05. The first-order valence-electron chi connectivity index (χ1n) is 8.64. The highest BCUT2D eigenvalue weighted by Crippen LogP contribution is 2.35. The van der Waals surface area contributed by atoms with Crippen LogP contribution in [0.2, 0.25) is 0 Å². The Morgan fingerprint density at radius 3 is 2.65 bits per heavy atom. The molecular formula is C16H21N7O3. The van der Waals surface area contributed by atoms with Crippen LogP contribution in [0.4, 0.5) is 5.95 Å². The van der Waals surface area contributed by atoms with Crippen LogP contribution in [-0.2, 0) is 14.1 Å². The molecule has 1 saturated heterocycles. The fourth-order valence-electron chi connectivity index (χ4n) is 3.43. The molecule has 0 amide bonds. The number of rotatable bonds is 3. The van der Waals surface area contributed by atoms with E-state index in [0.29, 0.717) is 28.8 Å². The maximum atomic E-state index is 12.2. The Morgan fingerprint density at radius 1 is 1.19 bits per heavy atom. The lowest BCUT2D eigenvalue weighted by molar-refractivity contribution is 0.348. The van der Waals surface area contributed by atoms with Crippen molar-refractivity contribution in [3.8, 4) is 0 Å². The number of fused-ring (bicyclic) bond motifs is 1. The van der Waals surface area contributed by atoms with E-state index in [9.17, 15) is 9.59 Å². The number of nitrogens with one attached hydrogen (secondary N) is 1. The van der Waals surface area contributed by atoms with Crippen molar-refractivity contribution in [3.63, 3.8) is 0 Å². The lowest BCUT2D eigenvalue weighted by Crippen LogP contribution is -2.29. The molecule has 1 aliphatic heterocycles. The molecule has 0 radical (unpaired) electrons. The Kier molecular flexibility index (Phi) is 3.70. The van der Waals surface area contributed by atoms with Gasteiger partial charge in [-0.2, -0.15) is 9.97 Å². The summed E-state index contributed by atoms with van der Waals surface area (Å²) in [4.78, 5) is 37.6. The molecule has 0 spiro atoms. The van der Waals surface area contributed by atoms with Crippen molar-refractivity contribution in [2.45, 2.75) is 38.6 Å². The molecule has 3 aromatic heterocycles. The summed E-state index contributed by atoms with van der Waals surface area (Å²) in [6.45, 7) is 4.78. The van der Waals surface area contributed by atoms with E-state index in [-0.39, 0.29) is 12.0 Å². The molecule has 4 rings (SSSR count). The van der Waals surface area contributed by atoms with Gasteiger partial charge in [0, 0.05) is 26.6 Å². The van der Waals surface area contributed by atoms with Crippen molar-refractivity contribution in [1.29, 1.82) is 0 Å². The van der Waals surface area contributed by atoms with Crippen LogP contribution in [0.15, 0.2) is 14.1 Å². The van der Waals surface area contributed by atoms with Gasteiger partial charge in [-0.1, -0.05) is 19.0 Å². The second-order valence-corrected chi connectivity index (χ2v) is 6.96. The van der Waals surface area contributed by atoms with E-state index < -0.39 is 11.2 Å². The van der Waals surface area contributed by atoms with Crippen molar-refractivity contribution in [1.82, 2.24) is 29.2 Å². The molecule has 10 heteroatoms. The molecule has 0 aromatic carbocycles. The van der Waals surface area contributed by atoms with Crippen LogP contribution in [0.5, 0.6) is 0 Å². The predicted molar refractivity (Wildman–Crippen MR) is 94.3 cm³/mol. The molecule has 0 saturated carbocycles. The van der Waals surface area contributed by atoms with E-state index in [1.54, 1.807) is 18.7 Å². The summed E-state index contributed by atoms with van der Waals surface area (Å²) in [5.74, 6) is 2.03. The Labute approximate surface area is 148 Å². The molecule has 0 aliphatic carbocycles. The Morgan fingerprint density at radius 2 is 1.96 bits per heavy atom. The molecule has 10 nitrogen and oxygen atoms in total. The smallest absolute Gasteiger partial charge is 0.329 e. The first-order valence-corrected chi connectivity index (χ1v) is 8.64. The van der Waals surface area contributed by atoms with Gasteiger partial charge in [-0.15, -0.1) is 0 Å². The third-order valence-electron chi connectivity index (χ3n) is 4.88. The van der Waals surface area contributed by atoms with Crippen molar-refractivity contribution >= 4 is 17.1 Å². The van der Waals surface area contributed by atoms with Gasteiger partial charge in [-0.3, -0.25) is 14.3 Å². The Hall–Kier alpha value is -2.91. The summed E-state index contributed by atoms with van der Waals surface area (Å²) in [6.07, 6.45) is 1.81. The fraction of sp³-hybridized carbons (Fsp3) is 0.562. The van der Waals surface area contributed by atoms with Crippen LogP contribution in [-0.4, -0.2) is 35.8 Å². The van der Waals surface area contributed by atoms with Gasteiger partial charge in [0.25, 0.3) is 5.56 Å². The SMILES string of the molecule is CC(C)c1noc([C@@H]2CCCN2c2nc3c(c(=O)[nH]c(=O)n3C)n2C)n1. The number of aromatic amines is 1. The average Bonchev–Trinajstić information content (AvgIpc) is 3.30. The average molecular weight is 359 g/mol. The maximum absolute atomic E-state index is 12.2. The van der Waals surface area contributed by atoms with Crippen LogP contribution in [0.1, 0.15) is 50.4 Å². The number of hydrogen-bond acceptors (Lipinski definition) is 7. The third kappa shape index (κ3) is 2.36. The minimum Gasteiger partial charge on any atom is -0.337 e. The number of imidazole rings is 1. The second kappa shape index (κ2) is 5.82. The molecule has 1 atom stereocenters. The van der Waals surface area contributed by atoms with Gasteiger partial charge in [0.1, 0.15) is 6.04 Å². The largest absolute Gasteiger partial charge is 0.337 e. The zero-order valence-electron chi connectivity index (χ0n) is 15.2. The monoisotopic (exact) mass is 359 g/mol. The first kappa shape index (κ1) is 16.6. The Bertz CT molecular complexity index is 1090. The van der Waals surface area contributed by atoms with Crippen molar-refractivity contribution in [2.75, 3.05) is 11.4 Å². The van der Waals surface area contributed by atoms with Crippen LogP contribution in [0.3, 0.4) is 0 Å². The van der Waals surface area contributed by atoms with Crippen LogP contribution in [0, 0.1) is 0 Å². The Balaban J connectivity index is 1.82. The number of anilines is 1. The summed E-state index contributed by atoms with van der Waals surface area (Å²) in [5.41, 5.74) is -0.208. The van der Waals surface area contributed by atoms with Crippen LogP contribution < -0.4 is 16.1 Å². The molecule has 0 unspecified atom stereocenters. The lowest BCUT2D eigenvalue weighted by atomic mass is 10.2. The van der Waals surface area contributed by atoms with Gasteiger partial charge in [0.15, 0.2) is 17.0 Å². The minimum atomic E-state index is -0.483. The third-order valence-corrected chi connectivity index (χ3v) is 4.88. The molecule has 3 aromatic rings. The topological polar surface area (TPSA) is 115 Å². The molecule has 1 fully saturated rings. The molecule has 1 N–H and O–H groups in total. The van der Waals surface area contributed by atoms with E-state index in [2.05, 4.69) is 25.0 Å². The van der Waals surface area contributed by atoms with E-state index in [1.165, 1.54) is 4.57 Å². The van der Waals surface area contributed by atoms with Gasteiger partial charge in [0.2, 0.25) is 11.8 Å². The number of H-pyrrole nitrogens is 1. The van der Waals surface area contributed by atoms with Gasteiger partial charge >= 0.3 is 5.69 Å². The highest BCUT2D eigenvalue weighted by molar-refractivity contribution is 5.74. The first-order chi connectivity index (χ1) is 12.4. The summed E-state index contributed by atoms with van der Waals surface area (Å²) in [7, 11) is 3.36. The summed E-state index contributed by atoms with van der Waals surface area (Å²) >= 11 is 0. The molecule has 138 valence electrons. The van der Waals surface area contributed by atoms with Crippen LogP contribution in [0.25, 0.3) is 11.2 Å². The quantitative estimate of drug-likeness (QED) is 0.736. The van der Waals surface area contributed by atoms with E-state index in [0.717, 1.165) is 19.4 Å². The standard InChI is InChI=1S/C16H21N7O3/c1-8(2)11-17-14(26-20-11)9-6-5-7-23(9)15-18-12-10(21(15)3)13(24)19-16(25)22(12)4/h8-9H,5-7H2,1-4H3,(H,19,24,25)/t9-/m0/s1.